The Morgan fingerprint density at radius 2 is 2.06 bits per heavy atom. The van der Waals surface area contributed by atoms with Gasteiger partial charge in [0, 0.05) is 56.9 Å². The fourth-order valence-electron chi connectivity index (χ4n) is 3.89. The van der Waals surface area contributed by atoms with Gasteiger partial charge in [-0.05, 0) is 42.2 Å². The number of amides is 1. The molecule has 12 nitrogen and oxygen atoms in total. The highest BCUT2D eigenvalue weighted by Gasteiger charge is 2.30. The zero-order valence-corrected chi connectivity index (χ0v) is 20.2. The van der Waals surface area contributed by atoms with E-state index in [1.54, 1.807) is 23.0 Å². The van der Waals surface area contributed by atoms with Crippen molar-refractivity contribution in [2.45, 2.75) is 38.4 Å². The van der Waals surface area contributed by atoms with Gasteiger partial charge in [0.2, 0.25) is 11.3 Å². The van der Waals surface area contributed by atoms with E-state index in [2.05, 4.69) is 31.8 Å². The van der Waals surface area contributed by atoms with Crippen LogP contribution in [0.5, 0.6) is 0 Å². The van der Waals surface area contributed by atoms with Crippen molar-refractivity contribution in [3.63, 3.8) is 0 Å². The smallest absolute Gasteiger partial charge is 0.323 e. The number of nitrogens with one attached hydrogen (secondary N) is 2. The molecule has 1 aliphatic rings. The van der Waals surface area contributed by atoms with Crippen LogP contribution in [0.4, 0.5) is 5.82 Å². The Labute approximate surface area is 210 Å². The SMILES string of the molecule is O=C(NC[C@@H](C(=O)O)N(Cc1ccncc1)S(=O)O)c1cnn(CCc2ccc3c(n2)NCCC3)c1. The lowest BCUT2D eigenvalue weighted by molar-refractivity contribution is -0.141. The standard InChI is InChI=1S/C23H27N7O5S/c31-22(26-13-20(23(32)33)30(36(34)35)14-16-5-9-24-10-6-16)18-12-27-29(15-18)11-7-19-4-3-17-2-1-8-25-21(17)28-19/h3-6,9-10,12,15,20H,1-2,7-8,11,13-14H2,(H,25,28)(H,26,31)(H,32,33)(H,34,35)/t20-/m0/s1. The molecule has 0 saturated carbocycles. The molecule has 0 saturated heterocycles. The molecule has 190 valence electrons. The second kappa shape index (κ2) is 11.8. The maximum atomic E-state index is 12.6. The van der Waals surface area contributed by atoms with Gasteiger partial charge in [0.25, 0.3) is 5.91 Å². The normalized spacial score (nSPS) is 14.5. The minimum absolute atomic E-state index is 0.108. The number of rotatable bonds is 11. The first-order valence-corrected chi connectivity index (χ1v) is 12.5. The average molecular weight is 514 g/mol. The van der Waals surface area contributed by atoms with E-state index in [0.717, 1.165) is 35.2 Å². The fraction of sp³-hybridized carbons (Fsp3) is 0.348. The van der Waals surface area contributed by atoms with Crippen LogP contribution in [-0.2, 0) is 42.0 Å². The van der Waals surface area contributed by atoms with Crippen LogP contribution in [0.1, 0.15) is 33.6 Å². The highest BCUT2D eigenvalue weighted by molar-refractivity contribution is 7.76. The molecule has 1 amide bonds. The number of aromatic nitrogens is 4. The largest absolute Gasteiger partial charge is 0.480 e. The number of carbonyl (C=O) groups excluding carboxylic acids is 1. The molecule has 4 rings (SSSR count). The number of nitrogens with zero attached hydrogens (tertiary/aromatic N) is 5. The molecule has 0 bridgehead atoms. The van der Waals surface area contributed by atoms with Crippen LogP contribution >= 0.6 is 0 Å². The van der Waals surface area contributed by atoms with Gasteiger partial charge in [0.1, 0.15) is 11.9 Å². The van der Waals surface area contributed by atoms with Gasteiger partial charge in [-0.2, -0.15) is 9.40 Å². The van der Waals surface area contributed by atoms with Crippen molar-refractivity contribution in [3.05, 3.63) is 71.4 Å². The van der Waals surface area contributed by atoms with Crippen molar-refractivity contribution >= 4 is 29.0 Å². The van der Waals surface area contributed by atoms with Crippen molar-refractivity contribution in [1.29, 1.82) is 0 Å². The lowest BCUT2D eigenvalue weighted by Gasteiger charge is -2.25. The Morgan fingerprint density at radius 1 is 1.25 bits per heavy atom. The molecule has 0 radical (unpaired) electrons. The minimum atomic E-state index is -2.58. The van der Waals surface area contributed by atoms with Crippen LogP contribution in [0.3, 0.4) is 0 Å². The zero-order chi connectivity index (χ0) is 25.5. The molecule has 13 heteroatoms. The van der Waals surface area contributed by atoms with Gasteiger partial charge in [-0.3, -0.25) is 23.8 Å². The molecule has 4 heterocycles. The maximum Gasteiger partial charge on any atom is 0.323 e. The van der Waals surface area contributed by atoms with E-state index >= 15 is 0 Å². The number of carboxylic acids is 1. The molecule has 0 spiro atoms. The lowest BCUT2D eigenvalue weighted by Crippen LogP contribution is -2.48. The number of hydrogen-bond acceptors (Lipinski definition) is 7. The van der Waals surface area contributed by atoms with Gasteiger partial charge in [-0.1, -0.05) is 6.07 Å². The topological polar surface area (TPSA) is 163 Å². The van der Waals surface area contributed by atoms with E-state index in [1.165, 1.54) is 24.2 Å². The summed E-state index contributed by atoms with van der Waals surface area (Å²) in [6.45, 7) is 0.949. The predicted octanol–water partition coefficient (Wildman–Crippen LogP) is 1.10. The summed E-state index contributed by atoms with van der Waals surface area (Å²) in [5, 5.41) is 19.7. The fourth-order valence-corrected chi connectivity index (χ4v) is 4.53. The number of pyridine rings is 2. The lowest BCUT2D eigenvalue weighted by atomic mass is 10.1. The van der Waals surface area contributed by atoms with Gasteiger partial charge in [0.15, 0.2) is 0 Å². The Morgan fingerprint density at radius 3 is 2.81 bits per heavy atom. The van der Waals surface area contributed by atoms with E-state index in [4.69, 9.17) is 0 Å². The molecule has 1 unspecified atom stereocenters. The van der Waals surface area contributed by atoms with Crippen molar-refractivity contribution in [2.75, 3.05) is 18.4 Å². The number of hydrogen-bond donors (Lipinski definition) is 4. The molecule has 4 N–H and O–H groups in total. The number of aliphatic carboxylic acids is 1. The van der Waals surface area contributed by atoms with E-state index in [0.29, 0.717) is 18.5 Å². The highest BCUT2D eigenvalue weighted by atomic mass is 32.2. The molecule has 2 atom stereocenters. The Balaban J connectivity index is 1.34. The van der Waals surface area contributed by atoms with Crippen molar-refractivity contribution < 1.29 is 23.5 Å². The van der Waals surface area contributed by atoms with Crippen LogP contribution in [-0.4, -0.2) is 68.9 Å². The number of carboxylic acid groups (broad SMARTS) is 1. The highest BCUT2D eigenvalue weighted by Crippen LogP contribution is 2.20. The summed E-state index contributed by atoms with van der Waals surface area (Å²) in [4.78, 5) is 33.0. The second-order valence-corrected chi connectivity index (χ2v) is 9.24. The van der Waals surface area contributed by atoms with Gasteiger partial charge in [-0.25, -0.2) is 9.19 Å². The van der Waals surface area contributed by atoms with Crippen LogP contribution in [0.2, 0.25) is 0 Å². The Bertz CT molecular complexity index is 1240. The van der Waals surface area contributed by atoms with Gasteiger partial charge in [0.05, 0.1) is 11.8 Å². The first-order valence-electron chi connectivity index (χ1n) is 11.4. The molecule has 3 aromatic rings. The molecule has 0 aliphatic carbocycles. The third-order valence-corrected chi connectivity index (χ3v) is 6.61. The van der Waals surface area contributed by atoms with E-state index in [1.807, 2.05) is 6.07 Å². The Hall–Kier alpha value is -3.68. The summed E-state index contributed by atoms with van der Waals surface area (Å²) in [5.74, 6) is -0.945. The first-order chi connectivity index (χ1) is 17.4. The number of fused-ring (bicyclic) bond motifs is 1. The average Bonchev–Trinajstić information content (AvgIpc) is 3.36. The molecule has 0 aromatic carbocycles. The van der Waals surface area contributed by atoms with Crippen LogP contribution in [0.15, 0.2) is 49.1 Å². The Kier molecular flexibility index (Phi) is 8.36. The van der Waals surface area contributed by atoms with Gasteiger partial charge >= 0.3 is 5.97 Å². The second-order valence-electron chi connectivity index (χ2n) is 8.31. The van der Waals surface area contributed by atoms with E-state index in [-0.39, 0.29) is 18.7 Å². The van der Waals surface area contributed by atoms with Crippen LogP contribution < -0.4 is 10.6 Å². The third kappa shape index (κ3) is 6.50. The quantitative estimate of drug-likeness (QED) is 0.275. The summed E-state index contributed by atoms with van der Waals surface area (Å²) < 4.78 is 24.0. The number of anilines is 1. The minimum Gasteiger partial charge on any atom is -0.480 e. The van der Waals surface area contributed by atoms with Crippen LogP contribution in [0.25, 0.3) is 0 Å². The predicted molar refractivity (Wildman–Crippen MR) is 131 cm³/mol. The molecular weight excluding hydrogens is 486 g/mol. The summed E-state index contributed by atoms with van der Waals surface area (Å²) in [6.07, 6.45) is 8.71. The molecular formula is C23H27N7O5S. The summed E-state index contributed by atoms with van der Waals surface area (Å²) in [5.41, 5.74) is 2.99. The monoisotopic (exact) mass is 513 g/mol. The van der Waals surface area contributed by atoms with Gasteiger partial charge in [-0.15, -0.1) is 0 Å². The first kappa shape index (κ1) is 25.4. The van der Waals surface area contributed by atoms with E-state index in [9.17, 15) is 23.5 Å². The third-order valence-electron chi connectivity index (χ3n) is 5.82. The van der Waals surface area contributed by atoms with Crippen molar-refractivity contribution in [3.8, 4) is 0 Å². The molecule has 36 heavy (non-hydrogen) atoms. The zero-order valence-electron chi connectivity index (χ0n) is 19.4. The molecule has 0 fully saturated rings. The number of carbonyl (C=O) groups is 2. The maximum absolute atomic E-state index is 12.6. The summed E-state index contributed by atoms with van der Waals surface area (Å²) in [6, 6.07) is 5.88. The molecule has 1 aliphatic heterocycles. The van der Waals surface area contributed by atoms with Crippen LogP contribution in [0, 0.1) is 0 Å². The van der Waals surface area contributed by atoms with Gasteiger partial charge < -0.3 is 15.7 Å². The summed E-state index contributed by atoms with van der Waals surface area (Å²) in [7, 11) is 0. The molecule has 3 aromatic heterocycles. The van der Waals surface area contributed by atoms with Crippen molar-refractivity contribution in [1.82, 2.24) is 29.4 Å². The van der Waals surface area contributed by atoms with Crippen molar-refractivity contribution in [2.24, 2.45) is 0 Å². The van der Waals surface area contributed by atoms with E-state index < -0.39 is 29.2 Å². The summed E-state index contributed by atoms with van der Waals surface area (Å²) >= 11 is -2.58. The number of aryl methyl sites for hydroxylation is 3.